The van der Waals surface area contributed by atoms with Crippen LogP contribution in [0.15, 0.2) is 24.3 Å². The van der Waals surface area contributed by atoms with Crippen molar-refractivity contribution in [2.24, 2.45) is 0 Å². The second-order valence-corrected chi connectivity index (χ2v) is 3.58. The summed E-state index contributed by atoms with van der Waals surface area (Å²) in [6.07, 6.45) is 0. The molecule has 1 aromatic carbocycles. The number of methoxy groups -OCH3 is 2. The summed E-state index contributed by atoms with van der Waals surface area (Å²) in [4.78, 5) is 0. The molecule has 0 amide bonds. The van der Waals surface area contributed by atoms with Crippen molar-refractivity contribution in [1.29, 1.82) is 0 Å². The van der Waals surface area contributed by atoms with Crippen molar-refractivity contribution in [3.05, 3.63) is 29.8 Å². The van der Waals surface area contributed by atoms with Crippen molar-refractivity contribution in [1.82, 2.24) is 0 Å². The number of hydrogen-bond acceptors (Lipinski definition) is 4. The molecule has 0 aliphatic rings. The minimum absolute atomic E-state index is 0.138. The Bertz CT molecular complexity index is 295. The van der Waals surface area contributed by atoms with Crippen molar-refractivity contribution in [3.63, 3.8) is 0 Å². The molecule has 0 heterocycles. The first kappa shape index (κ1) is 13.0. The largest absolute Gasteiger partial charge is 0.488 e. The lowest BCUT2D eigenvalue weighted by atomic mass is 10.2. The van der Waals surface area contributed by atoms with Gasteiger partial charge in [0.25, 0.3) is 0 Å². The van der Waals surface area contributed by atoms with E-state index in [-0.39, 0.29) is 13.2 Å². The van der Waals surface area contributed by atoms with E-state index in [4.69, 9.17) is 19.3 Å². The maximum atomic E-state index is 9.17. The van der Waals surface area contributed by atoms with Crippen LogP contribution >= 0.6 is 0 Å². The van der Waals surface area contributed by atoms with E-state index < -0.39 is 5.79 Å². The van der Waals surface area contributed by atoms with Crippen LogP contribution in [0.2, 0.25) is 0 Å². The van der Waals surface area contributed by atoms with Gasteiger partial charge in [0.05, 0.1) is 0 Å². The number of aryl methyl sites for hydroxylation is 1. The zero-order valence-corrected chi connectivity index (χ0v) is 9.90. The van der Waals surface area contributed by atoms with E-state index in [2.05, 4.69) is 0 Å². The van der Waals surface area contributed by atoms with Crippen LogP contribution in [0, 0.1) is 6.92 Å². The van der Waals surface area contributed by atoms with Crippen LogP contribution in [0.4, 0.5) is 0 Å². The normalized spacial score (nSPS) is 11.5. The molecule has 0 aromatic heterocycles. The van der Waals surface area contributed by atoms with Crippen LogP contribution in [-0.4, -0.2) is 38.3 Å². The Morgan fingerprint density at radius 3 is 2.12 bits per heavy atom. The second-order valence-electron chi connectivity index (χ2n) is 3.58. The van der Waals surface area contributed by atoms with Gasteiger partial charge in [-0.25, -0.2) is 0 Å². The summed E-state index contributed by atoms with van der Waals surface area (Å²) in [6, 6.07) is 7.64. The fraction of sp³-hybridized carbons (Fsp3) is 0.500. The smallest absolute Gasteiger partial charge is 0.226 e. The number of rotatable bonds is 6. The molecular formula is C12H18O4. The highest BCUT2D eigenvalue weighted by atomic mass is 16.7. The molecule has 1 N–H and O–H groups in total. The van der Waals surface area contributed by atoms with E-state index in [1.54, 1.807) is 0 Å². The van der Waals surface area contributed by atoms with Gasteiger partial charge in [-0.05, 0) is 19.1 Å². The van der Waals surface area contributed by atoms with Gasteiger partial charge < -0.3 is 19.3 Å². The van der Waals surface area contributed by atoms with Crippen LogP contribution in [0.1, 0.15) is 5.56 Å². The van der Waals surface area contributed by atoms with Gasteiger partial charge in [-0.15, -0.1) is 0 Å². The van der Waals surface area contributed by atoms with Gasteiger partial charge in [0.15, 0.2) is 0 Å². The number of hydrogen-bond donors (Lipinski definition) is 1. The van der Waals surface area contributed by atoms with Gasteiger partial charge in [0.2, 0.25) is 5.79 Å². The Morgan fingerprint density at radius 2 is 1.69 bits per heavy atom. The summed E-state index contributed by atoms with van der Waals surface area (Å²) in [7, 11) is 2.94. The highest BCUT2D eigenvalue weighted by molar-refractivity contribution is 5.26. The average Bonchev–Trinajstić information content (AvgIpc) is 2.34. The molecule has 4 heteroatoms. The molecule has 0 radical (unpaired) electrons. The molecule has 0 spiro atoms. The second kappa shape index (κ2) is 5.84. The van der Waals surface area contributed by atoms with Crippen molar-refractivity contribution < 1.29 is 19.3 Å². The highest BCUT2D eigenvalue weighted by Crippen LogP contribution is 2.16. The molecule has 0 saturated heterocycles. The molecule has 0 unspecified atom stereocenters. The van der Waals surface area contributed by atoms with Crippen LogP contribution in [0.25, 0.3) is 0 Å². The molecule has 0 aliphatic heterocycles. The molecule has 0 aliphatic carbocycles. The average molecular weight is 226 g/mol. The molecule has 1 rings (SSSR count). The van der Waals surface area contributed by atoms with Gasteiger partial charge in [0.1, 0.15) is 19.0 Å². The Labute approximate surface area is 95.8 Å². The monoisotopic (exact) mass is 226 g/mol. The van der Waals surface area contributed by atoms with E-state index in [0.717, 1.165) is 5.75 Å². The summed E-state index contributed by atoms with van der Waals surface area (Å²) in [5.74, 6) is -0.372. The topological polar surface area (TPSA) is 47.9 Å². The Hall–Kier alpha value is -1.10. The molecule has 0 saturated carbocycles. The molecular weight excluding hydrogens is 208 g/mol. The SMILES string of the molecule is COC(CO)(COc1ccc(C)cc1)OC. The van der Waals surface area contributed by atoms with Gasteiger partial charge in [-0.1, -0.05) is 17.7 Å². The van der Waals surface area contributed by atoms with E-state index in [1.165, 1.54) is 19.8 Å². The van der Waals surface area contributed by atoms with Gasteiger partial charge in [-0.3, -0.25) is 0 Å². The van der Waals surface area contributed by atoms with E-state index in [1.807, 2.05) is 31.2 Å². The number of ether oxygens (including phenoxy) is 3. The summed E-state index contributed by atoms with van der Waals surface area (Å²) >= 11 is 0. The lowest BCUT2D eigenvalue weighted by Crippen LogP contribution is -2.43. The van der Waals surface area contributed by atoms with Gasteiger partial charge in [0, 0.05) is 14.2 Å². The van der Waals surface area contributed by atoms with Crippen molar-refractivity contribution in [3.8, 4) is 5.75 Å². The first-order valence-corrected chi connectivity index (χ1v) is 5.06. The maximum absolute atomic E-state index is 9.17. The molecule has 0 fully saturated rings. The number of benzene rings is 1. The van der Waals surface area contributed by atoms with Crippen LogP contribution in [0.3, 0.4) is 0 Å². The van der Waals surface area contributed by atoms with Crippen molar-refractivity contribution >= 4 is 0 Å². The quantitative estimate of drug-likeness (QED) is 0.744. The summed E-state index contributed by atoms with van der Waals surface area (Å²) in [5, 5.41) is 9.17. The lowest BCUT2D eigenvalue weighted by molar-refractivity contribution is -0.240. The fourth-order valence-corrected chi connectivity index (χ4v) is 1.20. The summed E-state index contributed by atoms with van der Waals surface area (Å²) in [6.45, 7) is 1.89. The number of aliphatic hydroxyl groups is 1. The van der Waals surface area contributed by atoms with E-state index in [0.29, 0.717) is 0 Å². The van der Waals surface area contributed by atoms with Crippen LogP contribution in [-0.2, 0) is 9.47 Å². The third-order valence-corrected chi connectivity index (χ3v) is 2.46. The standard InChI is InChI=1S/C12H18O4/c1-10-4-6-11(7-5-10)16-9-12(8-13,14-2)15-3/h4-7,13H,8-9H2,1-3H3. The minimum Gasteiger partial charge on any atom is -0.488 e. The van der Waals surface area contributed by atoms with Crippen molar-refractivity contribution in [2.45, 2.75) is 12.7 Å². The van der Waals surface area contributed by atoms with E-state index >= 15 is 0 Å². The summed E-state index contributed by atoms with van der Waals surface area (Å²) < 4.78 is 15.7. The summed E-state index contributed by atoms with van der Waals surface area (Å²) in [5.41, 5.74) is 1.17. The molecule has 0 atom stereocenters. The third-order valence-electron chi connectivity index (χ3n) is 2.46. The molecule has 16 heavy (non-hydrogen) atoms. The fourth-order valence-electron chi connectivity index (χ4n) is 1.20. The van der Waals surface area contributed by atoms with E-state index in [9.17, 15) is 0 Å². The zero-order valence-electron chi connectivity index (χ0n) is 9.90. The Morgan fingerprint density at radius 1 is 1.12 bits per heavy atom. The predicted molar refractivity (Wildman–Crippen MR) is 60.5 cm³/mol. The first-order valence-electron chi connectivity index (χ1n) is 5.06. The lowest BCUT2D eigenvalue weighted by Gasteiger charge is -2.28. The van der Waals surface area contributed by atoms with Gasteiger partial charge in [-0.2, -0.15) is 0 Å². The van der Waals surface area contributed by atoms with Crippen LogP contribution < -0.4 is 4.74 Å². The zero-order chi connectivity index (χ0) is 12.0. The highest BCUT2D eigenvalue weighted by Gasteiger charge is 2.29. The minimum atomic E-state index is -1.09. The molecule has 4 nitrogen and oxygen atoms in total. The van der Waals surface area contributed by atoms with Gasteiger partial charge >= 0.3 is 0 Å². The molecule has 90 valence electrons. The third kappa shape index (κ3) is 3.20. The first-order chi connectivity index (χ1) is 7.65. The molecule has 1 aromatic rings. The Balaban J connectivity index is 2.58. The number of aliphatic hydroxyl groups excluding tert-OH is 1. The van der Waals surface area contributed by atoms with Crippen molar-refractivity contribution in [2.75, 3.05) is 27.4 Å². The maximum Gasteiger partial charge on any atom is 0.226 e. The van der Waals surface area contributed by atoms with Crippen LogP contribution in [0.5, 0.6) is 5.75 Å². The Kier molecular flexibility index (Phi) is 4.73. The molecule has 0 bridgehead atoms. The predicted octanol–water partition coefficient (Wildman–Crippen LogP) is 1.36.